The standard InChI is InChI=1S/C16H14N2O3S/c1-20-13-3-2-4-14(9-13)21-10-16(19)18-12-5-7-15(8-6-12)22-11-17/h2-9H,10H2,1H3,(H,18,19). The van der Waals surface area contributed by atoms with Gasteiger partial charge in [-0.2, -0.15) is 5.26 Å². The molecule has 112 valence electrons. The molecule has 0 fully saturated rings. The van der Waals surface area contributed by atoms with Gasteiger partial charge < -0.3 is 14.8 Å². The van der Waals surface area contributed by atoms with Crippen LogP contribution in [0.4, 0.5) is 5.69 Å². The molecular formula is C16H14N2O3S. The summed E-state index contributed by atoms with van der Waals surface area (Å²) in [6.07, 6.45) is 0. The third-order valence-electron chi connectivity index (χ3n) is 2.71. The van der Waals surface area contributed by atoms with Gasteiger partial charge >= 0.3 is 0 Å². The molecule has 2 aromatic carbocycles. The molecule has 0 aliphatic heterocycles. The molecule has 5 nitrogen and oxygen atoms in total. The molecule has 0 aromatic heterocycles. The number of hydrogen-bond donors (Lipinski definition) is 1. The molecule has 0 aliphatic rings. The Balaban J connectivity index is 1.86. The van der Waals surface area contributed by atoms with Crippen molar-refractivity contribution in [2.24, 2.45) is 0 Å². The highest BCUT2D eigenvalue weighted by Gasteiger charge is 2.05. The lowest BCUT2D eigenvalue weighted by atomic mass is 10.3. The van der Waals surface area contributed by atoms with E-state index in [1.165, 1.54) is 0 Å². The van der Waals surface area contributed by atoms with Crippen molar-refractivity contribution in [1.82, 2.24) is 0 Å². The fourth-order valence-electron chi connectivity index (χ4n) is 1.70. The average Bonchev–Trinajstić information content (AvgIpc) is 2.55. The van der Waals surface area contributed by atoms with Crippen LogP contribution in [-0.2, 0) is 4.79 Å². The highest BCUT2D eigenvalue weighted by Crippen LogP contribution is 2.20. The zero-order valence-corrected chi connectivity index (χ0v) is 12.7. The molecular weight excluding hydrogens is 300 g/mol. The Morgan fingerprint density at radius 3 is 2.64 bits per heavy atom. The SMILES string of the molecule is COc1cccc(OCC(=O)Nc2ccc(SC#N)cc2)c1. The van der Waals surface area contributed by atoms with Crippen LogP contribution in [0.1, 0.15) is 0 Å². The van der Waals surface area contributed by atoms with Gasteiger partial charge in [0.2, 0.25) is 0 Å². The largest absolute Gasteiger partial charge is 0.497 e. The summed E-state index contributed by atoms with van der Waals surface area (Å²) in [6, 6.07) is 14.1. The first-order valence-electron chi connectivity index (χ1n) is 6.44. The monoisotopic (exact) mass is 314 g/mol. The van der Waals surface area contributed by atoms with Crippen LogP contribution in [-0.4, -0.2) is 19.6 Å². The molecule has 0 saturated carbocycles. The van der Waals surface area contributed by atoms with E-state index in [9.17, 15) is 4.79 Å². The zero-order chi connectivity index (χ0) is 15.8. The molecule has 1 amide bonds. The van der Waals surface area contributed by atoms with Crippen molar-refractivity contribution in [3.8, 4) is 16.9 Å². The molecule has 0 aliphatic carbocycles. The van der Waals surface area contributed by atoms with Gasteiger partial charge in [-0.05, 0) is 48.2 Å². The van der Waals surface area contributed by atoms with E-state index in [0.717, 1.165) is 16.7 Å². The number of amides is 1. The van der Waals surface area contributed by atoms with E-state index < -0.39 is 0 Å². The minimum absolute atomic E-state index is 0.0954. The number of nitrogens with zero attached hydrogens (tertiary/aromatic N) is 1. The molecule has 0 atom stereocenters. The molecule has 0 heterocycles. The molecule has 22 heavy (non-hydrogen) atoms. The summed E-state index contributed by atoms with van der Waals surface area (Å²) < 4.78 is 10.5. The molecule has 0 unspecified atom stereocenters. The van der Waals surface area contributed by atoms with E-state index in [1.54, 1.807) is 55.6 Å². The van der Waals surface area contributed by atoms with E-state index in [0.29, 0.717) is 17.2 Å². The maximum absolute atomic E-state index is 11.8. The maximum atomic E-state index is 11.8. The summed E-state index contributed by atoms with van der Waals surface area (Å²) in [7, 11) is 1.57. The number of rotatable bonds is 6. The molecule has 6 heteroatoms. The van der Waals surface area contributed by atoms with Crippen LogP contribution in [0.3, 0.4) is 0 Å². The van der Waals surface area contributed by atoms with Crippen LogP contribution in [0.15, 0.2) is 53.4 Å². The van der Waals surface area contributed by atoms with Crippen LogP contribution >= 0.6 is 11.8 Å². The first kappa shape index (κ1) is 15.7. The quantitative estimate of drug-likeness (QED) is 0.654. The lowest BCUT2D eigenvalue weighted by Gasteiger charge is -2.08. The Hall–Kier alpha value is -2.65. The molecule has 0 radical (unpaired) electrons. The minimum Gasteiger partial charge on any atom is -0.497 e. The van der Waals surface area contributed by atoms with Crippen molar-refractivity contribution in [3.63, 3.8) is 0 Å². The molecule has 1 N–H and O–H groups in total. The van der Waals surface area contributed by atoms with Crippen LogP contribution in [0.5, 0.6) is 11.5 Å². The predicted molar refractivity (Wildman–Crippen MR) is 85.0 cm³/mol. The lowest BCUT2D eigenvalue weighted by Crippen LogP contribution is -2.20. The first-order valence-corrected chi connectivity index (χ1v) is 7.25. The number of nitrogens with one attached hydrogen (secondary N) is 1. The average molecular weight is 314 g/mol. The number of methoxy groups -OCH3 is 1. The van der Waals surface area contributed by atoms with E-state index in [-0.39, 0.29) is 12.5 Å². The highest BCUT2D eigenvalue weighted by molar-refractivity contribution is 8.03. The number of nitriles is 1. The Morgan fingerprint density at radius 2 is 1.95 bits per heavy atom. The smallest absolute Gasteiger partial charge is 0.262 e. The van der Waals surface area contributed by atoms with Crippen LogP contribution in [0.2, 0.25) is 0 Å². The number of carbonyl (C=O) groups is 1. The highest BCUT2D eigenvalue weighted by atomic mass is 32.2. The number of thioether (sulfide) groups is 1. The molecule has 2 aromatic rings. The van der Waals surface area contributed by atoms with Gasteiger partial charge in [-0.15, -0.1) is 0 Å². The number of thiocyanates is 1. The normalized spacial score (nSPS) is 9.64. The molecule has 2 rings (SSSR count). The van der Waals surface area contributed by atoms with Crippen molar-refractivity contribution in [1.29, 1.82) is 5.26 Å². The van der Waals surface area contributed by atoms with Crippen molar-refractivity contribution in [3.05, 3.63) is 48.5 Å². The van der Waals surface area contributed by atoms with E-state index >= 15 is 0 Å². The fourth-order valence-corrected chi connectivity index (χ4v) is 2.07. The first-order chi connectivity index (χ1) is 10.7. The second-order valence-corrected chi connectivity index (χ2v) is 5.09. The van der Waals surface area contributed by atoms with Crippen molar-refractivity contribution < 1.29 is 14.3 Å². The van der Waals surface area contributed by atoms with Gasteiger partial charge in [-0.25, -0.2) is 0 Å². The third kappa shape index (κ3) is 4.72. The third-order valence-corrected chi connectivity index (χ3v) is 3.31. The predicted octanol–water partition coefficient (Wildman–Crippen LogP) is 3.29. The van der Waals surface area contributed by atoms with Gasteiger partial charge in [0.05, 0.1) is 7.11 Å². The summed E-state index contributed by atoms with van der Waals surface area (Å²) in [5.74, 6) is 0.974. The maximum Gasteiger partial charge on any atom is 0.262 e. The number of hydrogen-bond acceptors (Lipinski definition) is 5. The lowest BCUT2D eigenvalue weighted by molar-refractivity contribution is -0.118. The van der Waals surface area contributed by atoms with Gasteiger partial charge in [0.25, 0.3) is 5.91 Å². The van der Waals surface area contributed by atoms with E-state index in [2.05, 4.69) is 5.32 Å². The number of anilines is 1. The summed E-state index contributed by atoms with van der Waals surface area (Å²) in [5.41, 5.74) is 0.654. The fraction of sp³-hybridized carbons (Fsp3) is 0.125. The molecule has 0 bridgehead atoms. The Bertz CT molecular complexity index is 681. The Labute approximate surface area is 132 Å². The summed E-state index contributed by atoms with van der Waals surface area (Å²) in [5, 5.41) is 13.3. The summed E-state index contributed by atoms with van der Waals surface area (Å²) in [6.45, 7) is -0.0954. The zero-order valence-electron chi connectivity index (χ0n) is 11.9. The minimum atomic E-state index is -0.261. The van der Waals surface area contributed by atoms with Gasteiger partial charge in [-0.1, -0.05) is 6.07 Å². The van der Waals surface area contributed by atoms with Gasteiger partial charge in [0.15, 0.2) is 6.61 Å². The molecule has 0 spiro atoms. The second kappa shape index (κ2) is 7.96. The van der Waals surface area contributed by atoms with E-state index in [4.69, 9.17) is 14.7 Å². The van der Waals surface area contributed by atoms with Crippen LogP contribution in [0, 0.1) is 10.7 Å². The Kier molecular flexibility index (Phi) is 5.69. The van der Waals surface area contributed by atoms with Crippen molar-refractivity contribution in [2.45, 2.75) is 4.90 Å². The number of ether oxygens (including phenoxy) is 2. The van der Waals surface area contributed by atoms with Crippen LogP contribution in [0.25, 0.3) is 0 Å². The summed E-state index contributed by atoms with van der Waals surface area (Å²) >= 11 is 1.07. The summed E-state index contributed by atoms with van der Waals surface area (Å²) in [4.78, 5) is 12.7. The van der Waals surface area contributed by atoms with Crippen molar-refractivity contribution in [2.75, 3.05) is 19.0 Å². The van der Waals surface area contributed by atoms with Crippen molar-refractivity contribution >= 4 is 23.4 Å². The van der Waals surface area contributed by atoms with Gasteiger partial charge in [-0.3, -0.25) is 4.79 Å². The number of benzene rings is 2. The Morgan fingerprint density at radius 1 is 1.23 bits per heavy atom. The second-order valence-electron chi connectivity index (χ2n) is 4.23. The van der Waals surface area contributed by atoms with E-state index in [1.807, 2.05) is 5.40 Å². The number of carbonyl (C=O) groups excluding carboxylic acids is 1. The van der Waals surface area contributed by atoms with Gasteiger partial charge in [0.1, 0.15) is 16.9 Å². The van der Waals surface area contributed by atoms with Crippen LogP contribution < -0.4 is 14.8 Å². The molecule has 0 saturated heterocycles. The van der Waals surface area contributed by atoms with Gasteiger partial charge in [0, 0.05) is 16.6 Å². The topological polar surface area (TPSA) is 71.3 Å².